The van der Waals surface area contributed by atoms with Crippen molar-refractivity contribution >= 4 is 22.8 Å². The predicted molar refractivity (Wildman–Crippen MR) is 103 cm³/mol. The second-order valence-corrected chi connectivity index (χ2v) is 6.17. The number of anilines is 3. The third-order valence-electron chi connectivity index (χ3n) is 3.88. The van der Waals surface area contributed by atoms with Crippen LogP contribution in [0.3, 0.4) is 0 Å². The molecule has 2 aromatic carbocycles. The smallest absolute Gasteiger partial charge is 0.512 e. The number of aryl methyl sites for hydroxylation is 2. The van der Waals surface area contributed by atoms with Crippen LogP contribution in [0.2, 0.25) is 0 Å². The first kappa shape index (κ1) is 22.0. The largest absolute Gasteiger partial charge is 2.00 e. The van der Waals surface area contributed by atoms with Crippen molar-refractivity contribution < 1.29 is 31.0 Å². The molecule has 0 saturated carbocycles. The van der Waals surface area contributed by atoms with E-state index in [1.807, 2.05) is 18.2 Å². The molecule has 1 heterocycles. The van der Waals surface area contributed by atoms with E-state index in [4.69, 9.17) is 5.11 Å². The first-order chi connectivity index (χ1) is 11.8. The minimum absolute atomic E-state index is 0. The number of carbonyl (C=O) groups is 1. The zero-order chi connectivity index (χ0) is 18.6. The van der Waals surface area contributed by atoms with E-state index in [0.717, 1.165) is 5.69 Å². The Balaban J connectivity index is 0.000000366. The number of carbonyl (C=O) groups excluding carboxylic acids is 1. The second-order valence-electron chi connectivity index (χ2n) is 6.17. The van der Waals surface area contributed by atoms with Crippen molar-refractivity contribution in [2.45, 2.75) is 27.7 Å². The number of rotatable bonds is 2. The Morgan fingerprint density at radius 1 is 1.15 bits per heavy atom. The Morgan fingerprint density at radius 3 is 2.23 bits per heavy atom. The number of para-hydroxylation sites is 1. The van der Waals surface area contributed by atoms with Crippen LogP contribution in [0.4, 0.5) is 17.1 Å². The minimum atomic E-state index is -0.125. The Labute approximate surface area is 170 Å². The van der Waals surface area contributed by atoms with E-state index in [1.165, 1.54) is 42.4 Å². The molecule has 4 nitrogen and oxygen atoms in total. The zero-order valence-corrected chi connectivity index (χ0v) is 18.0. The average Bonchev–Trinajstić information content (AvgIpc) is 2.84. The van der Waals surface area contributed by atoms with Gasteiger partial charge in [-0.2, -0.15) is 37.0 Å². The van der Waals surface area contributed by atoms with Crippen LogP contribution >= 0.6 is 0 Å². The average molecular weight is 532 g/mol. The van der Waals surface area contributed by atoms with E-state index in [0.29, 0.717) is 0 Å². The number of benzene rings is 2. The maximum absolute atomic E-state index is 10.0. The number of allylic oxidation sites excluding steroid dienone is 2. The van der Waals surface area contributed by atoms with Gasteiger partial charge in [0.05, 0.1) is 5.76 Å². The van der Waals surface area contributed by atoms with E-state index in [1.54, 1.807) is 0 Å². The molecular formula is C21H24N2O2Pt. The summed E-state index contributed by atoms with van der Waals surface area (Å²) < 4.78 is 0. The van der Waals surface area contributed by atoms with Crippen LogP contribution in [0.25, 0.3) is 0 Å². The number of hydrogen-bond acceptors (Lipinski definition) is 4. The fourth-order valence-electron chi connectivity index (χ4n) is 2.58. The monoisotopic (exact) mass is 531 g/mol. The van der Waals surface area contributed by atoms with Gasteiger partial charge in [0.1, 0.15) is 0 Å². The van der Waals surface area contributed by atoms with E-state index < -0.39 is 0 Å². The molecule has 0 fully saturated rings. The Kier molecular flexibility index (Phi) is 8.10. The van der Waals surface area contributed by atoms with Crippen molar-refractivity contribution in [3.8, 4) is 0 Å². The number of fused-ring (bicyclic) bond motifs is 1. The van der Waals surface area contributed by atoms with E-state index in [-0.39, 0.29) is 32.6 Å². The van der Waals surface area contributed by atoms with Gasteiger partial charge in [-0.15, -0.1) is 5.69 Å². The van der Waals surface area contributed by atoms with Gasteiger partial charge in [0.15, 0.2) is 5.78 Å². The Hall–Kier alpha value is -2.06. The summed E-state index contributed by atoms with van der Waals surface area (Å²) in [5, 5.41) is 8.36. The molecule has 0 saturated heterocycles. The van der Waals surface area contributed by atoms with Gasteiger partial charge in [-0.25, -0.2) is 0 Å². The molecule has 26 heavy (non-hydrogen) atoms. The standard InChI is InChI=1S/C16H16N2.C5H8O2.Pt/c1-12-9-15-16(10-13(12)2)18(11-17(15)3)14-7-5-4-6-8-14;1-4(6)3-5(2)7;/h4-7,9-11H,1-3H3;3,6H,1-2H3;/q-2;;+2. The zero-order valence-electron chi connectivity index (χ0n) is 15.7. The second kappa shape index (κ2) is 9.58. The molecular weight excluding hydrogens is 507 g/mol. The predicted octanol–water partition coefficient (Wildman–Crippen LogP) is 4.85. The fourth-order valence-corrected chi connectivity index (χ4v) is 2.58. The Morgan fingerprint density at radius 2 is 1.77 bits per heavy atom. The number of ketones is 1. The molecule has 140 valence electrons. The van der Waals surface area contributed by atoms with E-state index >= 15 is 0 Å². The van der Waals surface area contributed by atoms with Crippen LogP contribution in [-0.4, -0.2) is 17.9 Å². The summed E-state index contributed by atoms with van der Waals surface area (Å²) in [6, 6.07) is 15.8. The van der Waals surface area contributed by atoms with Crippen LogP contribution in [0, 0.1) is 26.6 Å². The summed E-state index contributed by atoms with van der Waals surface area (Å²) in [7, 11) is 2.08. The molecule has 2 aromatic rings. The van der Waals surface area contributed by atoms with Crippen molar-refractivity contribution in [2.75, 3.05) is 16.8 Å². The number of hydrogen-bond donors (Lipinski definition) is 1. The first-order valence-electron chi connectivity index (χ1n) is 8.12. The summed E-state index contributed by atoms with van der Waals surface area (Å²) in [5.41, 5.74) is 6.19. The van der Waals surface area contributed by atoms with Gasteiger partial charge in [-0.3, -0.25) is 4.79 Å². The summed E-state index contributed by atoms with van der Waals surface area (Å²) in [5.74, 6) is -0.0625. The van der Waals surface area contributed by atoms with Crippen molar-refractivity contribution in [1.82, 2.24) is 0 Å². The fraction of sp³-hybridized carbons (Fsp3) is 0.238. The van der Waals surface area contributed by atoms with Crippen LogP contribution in [0.5, 0.6) is 0 Å². The van der Waals surface area contributed by atoms with Crippen molar-refractivity contribution in [3.05, 3.63) is 72.1 Å². The van der Waals surface area contributed by atoms with Gasteiger partial charge in [-0.05, 0) is 58.0 Å². The molecule has 0 bridgehead atoms. The molecule has 0 radical (unpaired) electrons. The summed E-state index contributed by atoms with van der Waals surface area (Å²) in [6.07, 6.45) is 1.17. The molecule has 0 amide bonds. The molecule has 1 aliphatic heterocycles. The normalized spacial score (nSPS) is 12.7. The molecule has 0 unspecified atom stereocenters. The summed E-state index contributed by atoms with van der Waals surface area (Å²) >= 11 is 0. The number of aliphatic hydroxyl groups is 1. The summed E-state index contributed by atoms with van der Waals surface area (Å²) in [6.45, 7) is 9.26. The van der Waals surface area contributed by atoms with Crippen LogP contribution in [-0.2, 0) is 25.9 Å². The Bertz CT molecular complexity index is 784. The van der Waals surface area contributed by atoms with Gasteiger partial charge in [0, 0.05) is 17.5 Å². The number of aliphatic hydroxyl groups excluding tert-OH is 1. The van der Waals surface area contributed by atoms with Gasteiger partial charge in [-0.1, -0.05) is 0 Å². The minimum Gasteiger partial charge on any atom is -0.512 e. The van der Waals surface area contributed by atoms with Crippen molar-refractivity contribution in [2.24, 2.45) is 0 Å². The van der Waals surface area contributed by atoms with Gasteiger partial charge >= 0.3 is 21.1 Å². The SMILES string of the molecule is CC(=O)C=C(C)O.Cc1cc2c(cc1C)N(c1[c-]cccc1)[CH-]N2C.[Pt+2]. The van der Waals surface area contributed by atoms with Gasteiger partial charge in [0.25, 0.3) is 0 Å². The van der Waals surface area contributed by atoms with Gasteiger partial charge in [0.2, 0.25) is 0 Å². The molecule has 0 atom stereocenters. The topological polar surface area (TPSA) is 43.8 Å². The molecule has 0 spiro atoms. The maximum Gasteiger partial charge on any atom is 2.00 e. The third kappa shape index (κ3) is 5.47. The quantitative estimate of drug-likeness (QED) is 0.342. The molecule has 5 heteroatoms. The molecule has 0 aromatic heterocycles. The third-order valence-corrected chi connectivity index (χ3v) is 3.88. The van der Waals surface area contributed by atoms with Crippen molar-refractivity contribution in [3.63, 3.8) is 0 Å². The molecule has 3 rings (SSSR count). The van der Waals surface area contributed by atoms with E-state index in [9.17, 15) is 4.79 Å². The van der Waals surface area contributed by atoms with Crippen molar-refractivity contribution in [1.29, 1.82) is 0 Å². The van der Waals surface area contributed by atoms with E-state index in [2.05, 4.69) is 61.6 Å². The maximum atomic E-state index is 10.0. The molecule has 0 aliphatic carbocycles. The molecule has 1 aliphatic rings. The molecule has 1 N–H and O–H groups in total. The van der Waals surface area contributed by atoms with Crippen LogP contribution in [0.1, 0.15) is 25.0 Å². The van der Waals surface area contributed by atoms with Crippen LogP contribution < -0.4 is 9.80 Å². The number of nitrogens with zero attached hydrogens (tertiary/aromatic N) is 2. The van der Waals surface area contributed by atoms with Gasteiger partial charge < -0.3 is 14.9 Å². The van der Waals surface area contributed by atoms with Crippen LogP contribution in [0.15, 0.2) is 48.2 Å². The summed E-state index contributed by atoms with van der Waals surface area (Å²) in [4.78, 5) is 14.4. The first-order valence-corrected chi connectivity index (χ1v) is 8.12.